The summed E-state index contributed by atoms with van der Waals surface area (Å²) in [6.07, 6.45) is 3.22. The third kappa shape index (κ3) is 2.35. The molecule has 6 heteroatoms. The minimum absolute atomic E-state index is 0.0947. The molecule has 0 saturated carbocycles. The fourth-order valence-electron chi connectivity index (χ4n) is 4.06. The molecule has 4 rings (SSSR count). The Hall–Kier alpha value is -2.34. The molecule has 3 heterocycles. The molecule has 4 atom stereocenters. The van der Waals surface area contributed by atoms with Gasteiger partial charge in [0.05, 0.1) is 31.8 Å². The SMILES string of the molecule is COc1ccc(N2C[C@@]34C=C[C@@H](O3)[C@H](C(=O)OC(C)C)[C@@H]4C2=O)cc1. The highest BCUT2D eigenvalue weighted by molar-refractivity contribution is 6.02. The number of methoxy groups -OCH3 is 1. The molecule has 0 N–H and O–H groups in total. The molecule has 0 aliphatic carbocycles. The van der Waals surface area contributed by atoms with Gasteiger partial charge in [0.2, 0.25) is 5.91 Å². The number of carbonyl (C=O) groups excluding carboxylic acids is 2. The Kier molecular flexibility index (Phi) is 3.61. The van der Waals surface area contributed by atoms with Crippen molar-refractivity contribution in [2.45, 2.75) is 31.7 Å². The van der Waals surface area contributed by atoms with E-state index in [0.29, 0.717) is 6.54 Å². The van der Waals surface area contributed by atoms with E-state index in [1.807, 2.05) is 36.4 Å². The van der Waals surface area contributed by atoms with Crippen molar-refractivity contribution >= 4 is 17.6 Å². The molecule has 1 spiro atoms. The number of esters is 1. The van der Waals surface area contributed by atoms with Crippen LogP contribution in [0.3, 0.4) is 0 Å². The first-order chi connectivity index (χ1) is 11.9. The monoisotopic (exact) mass is 343 g/mol. The number of anilines is 1. The molecule has 0 radical (unpaired) electrons. The summed E-state index contributed by atoms with van der Waals surface area (Å²) in [5, 5.41) is 0. The normalized spacial score (nSPS) is 32.4. The van der Waals surface area contributed by atoms with Crippen LogP contribution < -0.4 is 9.64 Å². The number of ether oxygens (including phenoxy) is 3. The number of nitrogens with zero attached hydrogens (tertiary/aromatic N) is 1. The van der Waals surface area contributed by atoms with Crippen molar-refractivity contribution in [1.82, 2.24) is 0 Å². The molecule has 6 nitrogen and oxygen atoms in total. The first-order valence-electron chi connectivity index (χ1n) is 8.48. The van der Waals surface area contributed by atoms with Crippen LogP contribution in [0.25, 0.3) is 0 Å². The van der Waals surface area contributed by atoms with Crippen LogP contribution >= 0.6 is 0 Å². The molecule has 3 aliphatic rings. The number of amides is 1. The molecule has 2 bridgehead atoms. The van der Waals surface area contributed by atoms with E-state index >= 15 is 0 Å². The lowest BCUT2D eigenvalue weighted by molar-refractivity contribution is -0.156. The Morgan fingerprint density at radius 3 is 2.68 bits per heavy atom. The lowest BCUT2D eigenvalue weighted by Crippen LogP contribution is -2.40. The second kappa shape index (κ2) is 5.59. The highest BCUT2D eigenvalue weighted by Crippen LogP contribution is 2.53. The van der Waals surface area contributed by atoms with Gasteiger partial charge in [0.15, 0.2) is 0 Å². The largest absolute Gasteiger partial charge is 0.497 e. The van der Waals surface area contributed by atoms with Gasteiger partial charge in [-0.1, -0.05) is 12.2 Å². The summed E-state index contributed by atoms with van der Waals surface area (Å²) in [6.45, 7) is 4.01. The minimum atomic E-state index is -0.734. The second-order valence-electron chi connectivity index (χ2n) is 7.01. The Balaban J connectivity index is 1.64. The summed E-state index contributed by atoms with van der Waals surface area (Å²) in [6, 6.07) is 7.30. The van der Waals surface area contributed by atoms with Gasteiger partial charge in [-0.3, -0.25) is 9.59 Å². The van der Waals surface area contributed by atoms with E-state index in [9.17, 15) is 9.59 Å². The summed E-state index contributed by atoms with van der Waals surface area (Å²) in [4.78, 5) is 27.3. The first kappa shape index (κ1) is 16.1. The first-order valence-corrected chi connectivity index (χ1v) is 8.48. The molecule has 0 aromatic heterocycles. The van der Waals surface area contributed by atoms with Crippen LogP contribution in [0.2, 0.25) is 0 Å². The van der Waals surface area contributed by atoms with Crippen LogP contribution in [0.1, 0.15) is 13.8 Å². The van der Waals surface area contributed by atoms with E-state index in [1.165, 1.54) is 0 Å². The van der Waals surface area contributed by atoms with Crippen molar-refractivity contribution in [3.8, 4) is 5.75 Å². The molecule has 2 fully saturated rings. The maximum atomic E-state index is 13.1. The van der Waals surface area contributed by atoms with E-state index in [2.05, 4.69) is 0 Å². The summed E-state index contributed by atoms with van der Waals surface area (Å²) in [5.74, 6) is -0.841. The molecule has 0 unspecified atom stereocenters. The van der Waals surface area contributed by atoms with Crippen molar-refractivity contribution < 1.29 is 23.8 Å². The van der Waals surface area contributed by atoms with E-state index in [1.54, 1.807) is 25.9 Å². The smallest absolute Gasteiger partial charge is 0.313 e. The van der Waals surface area contributed by atoms with Crippen molar-refractivity contribution in [3.05, 3.63) is 36.4 Å². The lowest BCUT2D eigenvalue weighted by atomic mass is 9.77. The Morgan fingerprint density at radius 2 is 2.04 bits per heavy atom. The second-order valence-corrected chi connectivity index (χ2v) is 7.01. The van der Waals surface area contributed by atoms with Gasteiger partial charge in [-0.25, -0.2) is 0 Å². The van der Waals surface area contributed by atoms with E-state index in [0.717, 1.165) is 11.4 Å². The van der Waals surface area contributed by atoms with Gasteiger partial charge in [0.1, 0.15) is 17.3 Å². The highest BCUT2D eigenvalue weighted by Gasteiger charge is 2.67. The van der Waals surface area contributed by atoms with Gasteiger partial charge < -0.3 is 19.1 Å². The number of carbonyl (C=O) groups is 2. The maximum Gasteiger partial charge on any atom is 0.313 e. The Morgan fingerprint density at radius 1 is 1.32 bits per heavy atom. The zero-order valence-corrected chi connectivity index (χ0v) is 14.5. The number of hydrogen-bond acceptors (Lipinski definition) is 5. The number of hydrogen-bond donors (Lipinski definition) is 0. The summed E-state index contributed by atoms with van der Waals surface area (Å²) in [5.41, 5.74) is 0.0357. The van der Waals surface area contributed by atoms with Crippen LogP contribution in [0.5, 0.6) is 5.75 Å². The lowest BCUT2D eigenvalue weighted by Gasteiger charge is -2.23. The van der Waals surface area contributed by atoms with Crippen LogP contribution in [-0.4, -0.2) is 43.3 Å². The molecular formula is C19H21NO5. The number of rotatable bonds is 4. The van der Waals surface area contributed by atoms with Crippen molar-refractivity contribution in [2.75, 3.05) is 18.6 Å². The van der Waals surface area contributed by atoms with Crippen molar-refractivity contribution in [1.29, 1.82) is 0 Å². The van der Waals surface area contributed by atoms with Crippen molar-refractivity contribution in [2.24, 2.45) is 11.8 Å². The van der Waals surface area contributed by atoms with Gasteiger partial charge in [-0.2, -0.15) is 0 Å². The van der Waals surface area contributed by atoms with Gasteiger partial charge >= 0.3 is 5.97 Å². The van der Waals surface area contributed by atoms with Gasteiger partial charge in [-0.05, 0) is 38.1 Å². The van der Waals surface area contributed by atoms with Gasteiger partial charge in [0, 0.05) is 5.69 Å². The molecule has 1 aromatic carbocycles. The van der Waals surface area contributed by atoms with E-state index < -0.39 is 17.4 Å². The fraction of sp³-hybridized carbons (Fsp3) is 0.474. The van der Waals surface area contributed by atoms with Crippen LogP contribution in [-0.2, 0) is 19.1 Å². The molecule has 1 amide bonds. The summed E-state index contributed by atoms with van der Waals surface area (Å²) in [7, 11) is 1.60. The predicted octanol–water partition coefficient (Wildman–Crippen LogP) is 1.93. The third-order valence-electron chi connectivity index (χ3n) is 5.11. The van der Waals surface area contributed by atoms with Crippen LogP contribution in [0.4, 0.5) is 5.69 Å². The zero-order valence-electron chi connectivity index (χ0n) is 14.5. The zero-order chi connectivity index (χ0) is 17.8. The average molecular weight is 343 g/mol. The van der Waals surface area contributed by atoms with Crippen LogP contribution in [0.15, 0.2) is 36.4 Å². The van der Waals surface area contributed by atoms with Crippen molar-refractivity contribution in [3.63, 3.8) is 0 Å². The molecule has 1 aromatic rings. The quantitative estimate of drug-likeness (QED) is 0.617. The Labute approximate surface area is 146 Å². The Bertz CT molecular complexity index is 741. The van der Waals surface area contributed by atoms with Gasteiger partial charge in [-0.15, -0.1) is 0 Å². The summed E-state index contributed by atoms with van der Waals surface area (Å²) < 4.78 is 16.6. The van der Waals surface area contributed by atoms with E-state index in [-0.39, 0.29) is 24.1 Å². The number of fused-ring (bicyclic) bond motifs is 1. The third-order valence-corrected chi connectivity index (χ3v) is 5.11. The molecule has 2 saturated heterocycles. The van der Waals surface area contributed by atoms with Crippen LogP contribution in [0, 0.1) is 11.8 Å². The fourth-order valence-corrected chi connectivity index (χ4v) is 4.06. The molecule has 25 heavy (non-hydrogen) atoms. The maximum absolute atomic E-state index is 13.1. The van der Waals surface area contributed by atoms with Gasteiger partial charge in [0.25, 0.3) is 0 Å². The van der Waals surface area contributed by atoms with E-state index in [4.69, 9.17) is 14.2 Å². The summed E-state index contributed by atoms with van der Waals surface area (Å²) >= 11 is 0. The standard InChI is InChI=1S/C19H21NO5/c1-11(2)24-18(22)15-14-8-9-19(25-14)10-20(17(21)16(15)19)12-4-6-13(23-3)7-5-12/h4-9,11,14-16H,10H2,1-3H3/t14-,15+,16-,19-/m1/s1. The molecular weight excluding hydrogens is 322 g/mol. The molecule has 3 aliphatic heterocycles. The predicted molar refractivity (Wildman–Crippen MR) is 90.3 cm³/mol. The average Bonchev–Trinajstić information content (AvgIpc) is 3.22. The number of benzene rings is 1. The highest BCUT2D eigenvalue weighted by atomic mass is 16.6. The molecule has 132 valence electrons. The minimum Gasteiger partial charge on any atom is -0.497 e. The topological polar surface area (TPSA) is 65.1 Å².